The maximum absolute atomic E-state index is 12.4. The number of amides is 1. The van der Waals surface area contributed by atoms with Crippen LogP contribution in [0.2, 0.25) is 0 Å². The first-order valence-electron chi connectivity index (χ1n) is 8.69. The van der Waals surface area contributed by atoms with Gasteiger partial charge in [0.1, 0.15) is 5.82 Å². The SMILES string of the molecule is O=C(C1CCOC1)N1CCC(c2nccn2CC2CC2)CC1. The average Bonchev–Trinajstić information content (AvgIpc) is 3.04. The summed E-state index contributed by atoms with van der Waals surface area (Å²) in [6, 6.07) is 0. The van der Waals surface area contributed by atoms with E-state index in [9.17, 15) is 4.79 Å². The molecule has 1 aliphatic carbocycles. The van der Waals surface area contributed by atoms with Gasteiger partial charge in [-0.1, -0.05) is 0 Å². The van der Waals surface area contributed by atoms with E-state index in [1.54, 1.807) is 0 Å². The molecule has 2 saturated heterocycles. The number of piperidine rings is 1. The fourth-order valence-electron chi connectivity index (χ4n) is 3.76. The topological polar surface area (TPSA) is 47.4 Å². The molecule has 1 amide bonds. The van der Waals surface area contributed by atoms with Crippen molar-refractivity contribution >= 4 is 5.91 Å². The molecule has 0 radical (unpaired) electrons. The van der Waals surface area contributed by atoms with Crippen LogP contribution >= 0.6 is 0 Å². The number of imidazole rings is 1. The fraction of sp³-hybridized carbons (Fsp3) is 0.765. The van der Waals surface area contributed by atoms with Crippen molar-refractivity contribution in [3.8, 4) is 0 Å². The average molecular weight is 303 g/mol. The Kier molecular flexibility index (Phi) is 3.90. The van der Waals surface area contributed by atoms with Gasteiger partial charge < -0.3 is 14.2 Å². The smallest absolute Gasteiger partial charge is 0.228 e. The van der Waals surface area contributed by atoms with Crippen molar-refractivity contribution in [1.82, 2.24) is 14.5 Å². The van der Waals surface area contributed by atoms with E-state index in [0.29, 0.717) is 18.4 Å². The third-order valence-electron chi connectivity index (χ3n) is 5.35. The Hall–Kier alpha value is -1.36. The summed E-state index contributed by atoms with van der Waals surface area (Å²) < 4.78 is 7.70. The first-order chi connectivity index (χ1) is 10.8. The van der Waals surface area contributed by atoms with Crippen molar-refractivity contribution in [3.63, 3.8) is 0 Å². The number of carbonyl (C=O) groups is 1. The van der Waals surface area contributed by atoms with E-state index in [-0.39, 0.29) is 5.92 Å². The van der Waals surface area contributed by atoms with Crippen LogP contribution in [-0.2, 0) is 16.1 Å². The Morgan fingerprint density at radius 3 is 2.73 bits per heavy atom. The molecule has 1 unspecified atom stereocenters. The predicted octanol–water partition coefficient (Wildman–Crippen LogP) is 2.04. The molecule has 0 N–H and O–H groups in total. The zero-order valence-corrected chi connectivity index (χ0v) is 13.1. The molecule has 5 nitrogen and oxygen atoms in total. The number of rotatable bonds is 4. The van der Waals surface area contributed by atoms with Crippen LogP contribution in [-0.4, -0.2) is 46.7 Å². The van der Waals surface area contributed by atoms with Crippen LogP contribution < -0.4 is 0 Å². The zero-order chi connectivity index (χ0) is 14.9. The van der Waals surface area contributed by atoms with Gasteiger partial charge in [-0.2, -0.15) is 0 Å². The lowest BCUT2D eigenvalue weighted by atomic mass is 9.94. The number of ether oxygens (including phenoxy) is 1. The van der Waals surface area contributed by atoms with Crippen LogP contribution in [0.3, 0.4) is 0 Å². The van der Waals surface area contributed by atoms with Crippen LogP contribution in [0.5, 0.6) is 0 Å². The molecule has 3 heterocycles. The Morgan fingerprint density at radius 1 is 1.23 bits per heavy atom. The molecule has 3 aliphatic rings. The van der Waals surface area contributed by atoms with Gasteiger partial charge >= 0.3 is 0 Å². The minimum atomic E-state index is 0.105. The fourth-order valence-corrected chi connectivity index (χ4v) is 3.76. The van der Waals surface area contributed by atoms with Gasteiger partial charge in [-0.25, -0.2) is 4.98 Å². The summed E-state index contributed by atoms with van der Waals surface area (Å²) >= 11 is 0. The second-order valence-electron chi connectivity index (χ2n) is 7.04. The van der Waals surface area contributed by atoms with Crippen LogP contribution in [0.25, 0.3) is 0 Å². The number of nitrogens with zero attached hydrogens (tertiary/aromatic N) is 3. The molecule has 1 atom stereocenters. The summed E-state index contributed by atoms with van der Waals surface area (Å²) in [6.45, 7) is 4.23. The maximum Gasteiger partial charge on any atom is 0.228 e. The first-order valence-corrected chi connectivity index (χ1v) is 8.69. The van der Waals surface area contributed by atoms with E-state index in [0.717, 1.165) is 51.4 Å². The summed E-state index contributed by atoms with van der Waals surface area (Å²) in [5.74, 6) is 3.03. The Bertz CT molecular complexity index is 524. The number of likely N-dealkylation sites (tertiary alicyclic amines) is 1. The largest absolute Gasteiger partial charge is 0.381 e. The van der Waals surface area contributed by atoms with Crippen molar-refractivity contribution in [2.45, 2.75) is 44.6 Å². The van der Waals surface area contributed by atoms with Crippen molar-refractivity contribution < 1.29 is 9.53 Å². The highest BCUT2D eigenvalue weighted by atomic mass is 16.5. The van der Waals surface area contributed by atoms with Gasteiger partial charge in [-0.05, 0) is 38.0 Å². The lowest BCUT2D eigenvalue weighted by molar-refractivity contribution is -0.136. The van der Waals surface area contributed by atoms with Crippen LogP contribution in [0.1, 0.15) is 43.8 Å². The summed E-state index contributed by atoms with van der Waals surface area (Å²) in [6.07, 6.45) is 9.78. The third-order valence-corrected chi connectivity index (χ3v) is 5.35. The summed E-state index contributed by atoms with van der Waals surface area (Å²) in [7, 11) is 0. The Balaban J connectivity index is 1.35. The molecule has 0 aromatic carbocycles. The number of aromatic nitrogens is 2. The second kappa shape index (κ2) is 6.03. The molecular formula is C17H25N3O2. The van der Waals surface area contributed by atoms with Gasteiger partial charge in [0.2, 0.25) is 5.91 Å². The quantitative estimate of drug-likeness (QED) is 0.855. The first kappa shape index (κ1) is 14.2. The minimum Gasteiger partial charge on any atom is -0.381 e. The Labute approximate surface area is 131 Å². The number of hydrogen-bond acceptors (Lipinski definition) is 3. The van der Waals surface area contributed by atoms with E-state index in [2.05, 4.69) is 15.7 Å². The lowest BCUT2D eigenvalue weighted by Crippen LogP contribution is -2.41. The number of hydrogen-bond donors (Lipinski definition) is 0. The normalized spacial score (nSPS) is 26.5. The molecule has 1 aromatic rings. The lowest BCUT2D eigenvalue weighted by Gasteiger charge is -2.33. The molecule has 2 aliphatic heterocycles. The van der Waals surface area contributed by atoms with Gasteiger partial charge in [-0.3, -0.25) is 4.79 Å². The van der Waals surface area contributed by atoms with Gasteiger partial charge in [0.25, 0.3) is 0 Å². The van der Waals surface area contributed by atoms with Gasteiger partial charge in [0, 0.05) is 44.6 Å². The second-order valence-corrected chi connectivity index (χ2v) is 7.04. The zero-order valence-electron chi connectivity index (χ0n) is 13.1. The van der Waals surface area contributed by atoms with Crippen LogP contribution in [0.15, 0.2) is 12.4 Å². The van der Waals surface area contributed by atoms with Crippen molar-refractivity contribution in [1.29, 1.82) is 0 Å². The highest BCUT2D eigenvalue weighted by Crippen LogP contribution is 2.33. The Morgan fingerprint density at radius 2 is 2.05 bits per heavy atom. The molecule has 3 fully saturated rings. The molecule has 5 heteroatoms. The standard InChI is InChI=1S/C17H25N3O2/c21-17(15-5-10-22-12-15)19-7-3-14(4-8-19)16-18-6-9-20(16)11-13-1-2-13/h6,9,13-15H,1-5,7-8,10-12H2. The van der Waals surface area contributed by atoms with Gasteiger partial charge in [0.15, 0.2) is 0 Å². The van der Waals surface area contributed by atoms with Crippen molar-refractivity contribution in [3.05, 3.63) is 18.2 Å². The number of carbonyl (C=O) groups excluding carboxylic acids is 1. The molecule has 120 valence electrons. The maximum atomic E-state index is 12.4. The van der Waals surface area contributed by atoms with Crippen LogP contribution in [0, 0.1) is 11.8 Å². The monoisotopic (exact) mass is 303 g/mol. The molecule has 0 bridgehead atoms. The van der Waals surface area contributed by atoms with Gasteiger partial charge in [0.05, 0.1) is 12.5 Å². The molecule has 4 rings (SSSR count). The molecule has 22 heavy (non-hydrogen) atoms. The highest BCUT2D eigenvalue weighted by molar-refractivity contribution is 5.79. The summed E-state index contributed by atoms with van der Waals surface area (Å²) in [5, 5.41) is 0. The van der Waals surface area contributed by atoms with E-state index >= 15 is 0 Å². The predicted molar refractivity (Wildman–Crippen MR) is 82.4 cm³/mol. The van der Waals surface area contributed by atoms with Crippen LogP contribution in [0.4, 0.5) is 0 Å². The molecule has 1 saturated carbocycles. The van der Waals surface area contributed by atoms with E-state index in [4.69, 9.17) is 4.74 Å². The molecule has 0 spiro atoms. The van der Waals surface area contributed by atoms with Gasteiger partial charge in [-0.15, -0.1) is 0 Å². The summed E-state index contributed by atoms with van der Waals surface area (Å²) in [4.78, 5) is 19.1. The third kappa shape index (κ3) is 2.91. The van der Waals surface area contributed by atoms with Crippen molar-refractivity contribution in [2.75, 3.05) is 26.3 Å². The van der Waals surface area contributed by atoms with E-state index in [1.807, 2.05) is 11.1 Å². The highest BCUT2D eigenvalue weighted by Gasteiger charge is 2.32. The minimum absolute atomic E-state index is 0.105. The molecule has 1 aromatic heterocycles. The summed E-state index contributed by atoms with van der Waals surface area (Å²) in [5.41, 5.74) is 0. The van der Waals surface area contributed by atoms with E-state index in [1.165, 1.54) is 18.7 Å². The van der Waals surface area contributed by atoms with E-state index < -0.39 is 0 Å². The molecular weight excluding hydrogens is 278 g/mol. The van der Waals surface area contributed by atoms with Crippen molar-refractivity contribution in [2.24, 2.45) is 11.8 Å².